The third-order valence-electron chi connectivity index (χ3n) is 3.91. The van der Waals surface area contributed by atoms with E-state index < -0.39 is 10.2 Å². The van der Waals surface area contributed by atoms with Gasteiger partial charge in [0.1, 0.15) is 0 Å². The summed E-state index contributed by atoms with van der Waals surface area (Å²) in [5, 5.41) is 3.28. The lowest BCUT2D eigenvalue weighted by molar-refractivity contribution is 0.230. The molecule has 0 spiro atoms. The van der Waals surface area contributed by atoms with Crippen LogP contribution in [0.3, 0.4) is 0 Å². The number of rotatable bonds is 8. The highest BCUT2D eigenvalue weighted by Gasteiger charge is 2.34. The van der Waals surface area contributed by atoms with Gasteiger partial charge in [-0.15, -0.1) is 0 Å². The fourth-order valence-corrected chi connectivity index (χ4v) is 4.14. The van der Waals surface area contributed by atoms with E-state index in [1.807, 2.05) is 0 Å². The summed E-state index contributed by atoms with van der Waals surface area (Å²) in [7, 11) is -1.61. The first kappa shape index (κ1) is 17.9. The van der Waals surface area contributed by atoms with Crippen molar-refractivity contribution >= 4 is 10.2 Å². The molecule has 0 saturated carbocycles. The van der Waals surface area contributed by atoms with E-state index in [-0.39, 0.29) is 6.04 Å². The Bertz CT molecular complexity index is 371. The van der Waals surface area contributed by atoms with Crippen LogP contribution in [-0.2, 0) is 10.2 Å². The van der Waals surface area contributed by atoms with Crippen molar-refractivity contribution < 1.29 is 8.42 Å². The van der Waals surface area contributed by atoms with E-state index in [4.69, 9.17) is 0 Å². The fraction of sp³-hybridized carbons (Fsp3) is 1.00. The zero-order chi connectivity index (χ0) is 15.2. The van der Waals surface area contributed by atoms with E-state index in [0.717, 1.165) is 38.8 Å². The van der Waals surface area contributed by atoms with Crippen LogP contribution in [0.15, 0.2) is 0 Å². The van der Waals surface area contributed by atoms with Crippen molar-refractivity contribution in [1.29, 1.82) is 0 Å². The minimum atomic E-state index is -3.31. The van der Waals surface area contributed by atoms with Gasteiger partial charge in [0.2, 0.25) is 0 Å². The van der Waals surface area contributed by atoms with Crippen molar-refractivity contribution in [3.63, 3.8) is 0 Å². The molecule has 1 rings (SSSR count). The molecule has 1 fully saturated rings. The van der Waals surface area contributed by atoms with E-state index in [1.165, 1.54) is 4.31 Å². The molecule has 1 unspecified atom stereocenters. The number of nitrogens with zero attached hydrogens (tertiary/aromatic N) is 2. The maximum absolute atomic E-state index is 12.7. The average Bonchev–Trinajstić information content (AvgIpc) is 2.42. The Morgan fingerprint density at radius 2 is 2.05 bits per heavy atom. The Kier molecular flexibility index (Phi) is 7.43. The van der Waals surface area contributed by atoms with Crippen LogP contribution in [0.2, 0.25) is 0 Å². The normalized spacial score (nSPS) is 21.8. The molecule has 1 aliphatic rings. The molecule has 1 heterocycles. The van der Waals surface area contributed by atoms with Crippen LogP contribution in [-0.4, -0.2) is 56.3 Å². The molecule has 0 aliphatic carbocycles. The van der Waals surface area contributed by atoms with Gasteiger partial charge in [0.05, 0.1) is 0 Å². The lowest BCUT2D eigenvalue weighted by Crippen LogP contribution is -2.52. The fourth-order valence-electron chi connectivity index (χ4n) is 2.53. The summed E-state index contributed by atoms with van der Waals surface area (Å²) in [6, 6.07) is 0.107. The quantitative estimate of drug-likeness (QED) is 0.742. The Hall–Kier alpha value is -0.170. The van der Waals surface area contributed by atoms with Gasteiger partial charge >= 0.3 is 0 Å². The van der Waals surface area contributed by atoms with Crippen molar-refractivity contribution in [1.82, 2.24) is 13.9 Å². The van der Waals surface area contributed by atoms with Crippen molar-refractivity contribution in [3.05, 3.63) is 0 Å². The summed E-state index contributed by atoms with van der Waals surface area (Å²) in [4.78, 5) is 0. The van der Waals surface area contributed by atoms with Gasteiger partial charge in [-0.25, -0.2) is 0 Å². The standard InChI is InChI=1S/C14H31N3O2S/c1-5-15-12-14-8-6-7-10-17(14)20(18,19)16(4)11-9-13(2)3/h13-15H,5-12H2,1-4H3. The molecule has 1 saturated heterocycles. The van der Waals surface area contributed by atoms with Crippen molar-refractivity contribution in [2.75, 3.05) is 33.2 Å². The molecule has 1 aliphatic heterocycles. The highest BCUT2D eigenvalue weighted by Crippen LogP contribution is 2.22. The summed E-state index contributed by atoms with van der Waals surface area (Å²) >= 11 is 0. The summed E-state index contributed by atoms with van der Waals surface area (Å²) in [5.74, 6) is 0.520. The molecular formula is C14H31N3O2S. The van der Waals surface area contributed by atoms with Crippen LogP contribution < -0.4 is 5.32 Å². The largest absolute Gasteiger partial charge is 0.315 e. The molecule has 0 aromatic rings. The van der Waals surface area contributed by atoms with E-state index in [9.17, 15) is 8.42 Å². The third kappa shape index (κ3) is 4.98. The summed E-state index contributed by atoms with van der Waals surface area (Å²) < 4.78 is 28.6. The van der Waals surface area contributed by atoms with Crippen LogP contribution in [0, 0.1) is 5.92 Å². The van der Waals surface area contributed by atoms with Crippen molar-refractivity contribution in [2.24, 2.45) is 5.92 Å². The maximum Gasteiger partial charge on any atom is 0.282 e. The first-order valence-corrected chi connectivity index (χ1v) is 9.23. The SMILES string of the molecule is CCNCC1CCCCN1S(=O)(=O)N(C)CCC(C)C. The van der Waals surface area contributed by atoms with Gasteiger partial charge in [0.15, 0.2) is 0 Å². The Balaban J connectivity index is 2.70. The lowest BCUT2D eigenvalue weighted by Gasteiger charge is -2.37. The van der Waals surface area contributed by atoms with E-state index in [1.54, 1.807) is 11.4 Å². The van der Waals surface area contributed by atoms with E-state index in [2.05, 4.69) is 26.1 Å². The Labute approximate surface area is 124 Å². The summed E-state index contributed by atoms with van der Waals surface area (Å²) in [6.45, 7) is 9.19. The highest BCUT2D eigenvalue weighted by atomic mass is 32.2. The van der Waals surface area contributed by atoms with E-state index in [0.29, 0.717) is 19.0 Å². The van der Waals surface area contributed by atoms with Gasteiger partial charge in [0.25, 0.3) is 10.2 Å². The van der Waals surface area contributed by atoms with Crippen LogP contribution in [0.4, 0.5) is 0 Å². The minimum absolute atomic E-state index is 0.107. The predicted octanol–water partition coefficient (Wildman–Crippen LogP) is 1.67. The van der Waals surface area contributed by atoms with Crippen LogP contribution >= 0.6 is 0 Å². The van der Waals surface area contributed by atoms with E-state index >= 15 is 0 Å². The van der Waals surface area contributed by atoms with Crippen LogP contribution in [0.5, 0.6) is 0 Å². The zero-order valence-corrected chi connectivity index (χ0v) is 14.2. The molecule has 20 heavy (non-hydrogen) atoms. The lowest BCUT2D eigenvalue weighted by atomic mass is 10.1. The molecule has 0 aromatic carbocycles. The summed E-state index contributed by atoms with van der Waals surface area (Å²) in [5.41, 5.74) is 0. The number of hydrogen-bond donors (Lipinski definition) is 1. The molecule has 6 heteroatoms. The molecule has 120 valence electrons. The van der Waals surface area contributed by atoms with Crippen molar-refractivity contribution in [3.8, 4) is 0 Å². The molecule has 0 radical (unpaired) electrons. The van der Waals surface area contributed by atoms with Gasteiger partial charge in [-0.3, -0.25) is 0 Å². The number of piperidine rings is 1. The Morgan fingerprint density at radius 1 is 1.35 bits per heavy atom. The molecule has 0 aromatic heterocycles. The highest BCUT2D eigenvalue weighted by molar-refractivity contribution is 7.86. The van der Waals surface area contributed by atoms with Gasteiger partial charge < -0.3 is 5.32 Å². The van der Waals surface area contributed by atoms with Crippen LogP contribution in [0.1, 0.15) is 46.5 Å². The predicted molar refractivity (Wildman–Crippen MR) is 83.9 cm³/mol. The molecule has 0 amide bonds. The first-order chi connectivity index (χ1) is 9.39. The smallest absolute Gasteiger partial charge is 0.282 e. The number of hydrogen-bond acceptors (Lipinski definition) is 3. The Morgan fingerprint density at radius 3 is 2.65 bits per heavy atom. The first-order valence-electron chi connectivity index (χ1n) is 7.83. The third-order valence-corrected chi connectivity index (χ3v) is 5.96. The number of nitrogens with one attached hydrogen (secondary N) is 1. The molecular weight excluding hydrogens is 274 g/mol. The maximum atomic E-state index is 12.7. The van der Waals surface area contributed by atoms with Gasteiger partial charge in [-0.2, -0.15) is 17.0 Å². The van der Waals surface area contributed by atoms with Crippen LogP contribution in [0.25, 0.3) is 0 Å². The second kappa shape index (κ2) is 8.32. The monoisotopic (exact) mass is 305 g/mol. The second-order valence-corrected chi connectivity index (χ2v) is 8.07. The number of likely N-dealkylation sites (N-methyl/N-ethyl adjacent to an activating group) is 1. The average molecular weight is 305 g/mol. The van der Waals surface area contributed by atoms with Crippen molar-refractivity contribution in [2.45, 2.75) is 52.5 Å². The molecule has 1 N–H and O–H groups in total. The molecule has 1 atom stereocenters. The summed E-state index contributed by atoms with van der Waals surface area (Å²) in [6.07, 6.45) is 3.96. The minimum Gasteiger partial charge on any atom is -0.315 e. The van der Waals surface area contributed by atoms with Gasteiger partial charge in [0, 0.05) is 32.7 Å². The van der Waals surface area contributed by atoms with Gasteiger partial charge in [-0.05, 0) is 31.7 Å². The molecule has 0 bridgehead atoms. The van der Waals surface area contributed by atoms with Gasteiger partial charge in [-0.1, -0.05) is 27.2 Å². The zero-order valence-electron chi connectivity index (χ0n) is 13.4. The second-order valence-electron chi connectivity index (χ2n) is 6.08. The topological polar surface area (TPSA) is 52.7 Å². The molecule has 5 nitrogen and oxygen atoms in total.